The van der Waals surface area contributed by atoms with Crippen LogP contribution in [0, 0.1) is 12.8 Å². The summed E-state index contributed by atoms with van der Waals surface area (Å²) in [6, 6.07) is 3.90. The third-order valence-electron chi connectivity index (χ3n) is 7.37. The third kappa shape index (κ3) is 7.50. The first-order valence-corrected chi connectivity index (χ1v) is 14.8. The van der Waals surface area contributed by atoms with Crippen molar-refractivity contribution in [2.75, 3.05) is 12.8 Å². The Morgan fingerprint density at radius 3 is 2.42 bits per heavy atom. The molecule has 0 unspecified atom stereocenters. The molecule has 2 N–H and O–H groups in total. The number of carbonyl (C=O) groups excluding carboxylic acids is 1. The monoisotopic (exact) mass is 595 g/mol. The Morgan fingerprint density at radius 1 is 1.27 bits per heavy atom. The van der Waals surface area contributed by atoms with E-state index in [1.54, 1.807) is 13.8 Å². The number of rotatable bonds is 10. The highest BCUT2D eigenvalue weighted by Crippen LogP contribution is 2.37. The number of sulfone groups is 1. The summed E-state index contributed by atoms with van der Waals surface area (Å²) < 4.78 is 95.4. The van der Waals surface area contributed by atoms with E-state index in [-0.39, 0.29) is 67.0 Å². The molecule has 1 amide bonds. The van der Waals surface area contributed by atoms with Crippen molar-refractivity contribution in [1.29, 1.82) is 0 Å². The van der Waals surface area contributed by atoms with E-state index in [1.807, 2.05) is 0 Å². The van der Waals surface area contributed by atoms with Gasteiger partial charge < -0.3 is 15.2 Å². The molecule has 2 aromatic rings. The summed E-state index contributed by atoms with van der Waals surface area (Å²) in [7, 11) is -3.23. The van der Waals surface area contributed by atoms with E-state index in [0.29, 0.717) is 5.56 Å². The zero-order chi connectivity index (χ0) is 30.0. The van der Waals surface area contributed by atoms with E-state index in [1.165, 1.54) is 16.8 Å². The maximum atomic E-state index is 13.3. The fourth-order valence-corrected chi connectivity index (χ4v) is 6.04. The van der Waals surface area contributed by atoms with Crippen molar-refractivity contribution in [1.82, 2.24) is 15.1 Å². The fourth-order valence-electron chi connectivity index (χ4n) is 4.95. The van der Waals surface area contributed by atoms with Gasteiger partial charge in [0, 0.05) is 30.5 Å². The zero-order valence-electron chi connectivity index (χ0n) is 22.7. The lowest BCUT2D eigenvalue weighted by molar-refractivity contribution is -0.169. The van der Waals surface area contributed by atoms with Gasteiger partial charge in [-0.05, 0) is 63.6 Å². The Morgan fingerprint density at radius 2 is 1.90 bits per heavy atom. The average molecular weight is 596 g/mol. The van der Waals surface area contributed by atoms with Crippen molar-refractivity contribution in [2.24, 2.45) is 5.92 Å². The van der Waals surface area contributed by atoms with Gasteiger partial charge in [0.2, 0.25) is 0 Å². The minimum Gasteiger partial charge on any atom is -0.434 e. The Kier molecular flexibility index (Phi) is 9.55. The molecule has 0 spiro atoms. The first-order valence-electron chi connectivity index (χ1n) is 12.9. The maximum absolute atomic E-state index is 13.3. The van der Waals surface area contributed by atoms with Gasteiger partial charge in [0.15, 0.2) is 5.69 Å². The van der Waals surface area contributed by atoms with Crippen molar-refractivity contribution >= 4 is 15.7 Å². The minimum absolute atomic E-state index is 0.0250. The molecule has 8 nitrogen and oxygen atoms in total. The normalized spacial score (nSPS) is 20.9. The Balaban J connectivity index is 1.86. The fraction of sp³-hybridized carbons (Fsp3) is 0.615. The van der Waals surface area contributed by atoms with Crippen LogP contribution in [0.4, 0.5) is 22.0 Å². The molecule has 1 aromatic heterocycles. The molecule has 3 rings (SSSR count). The van der Waals surface area contributed by atoms with Crippen molar-refractivity contribution in [3.05, 3.63) is 35.0 Å². The molecule has 14 heteroatoms. The topological polar surface area (TPSA) is 111 Å². The lowest BCUT2D eigenvalue weighted by atomic mass is 9.84. The number of hydrogen-bond acceptors (Lipinski definition) is 6. The molecular weight excluding hydrogens is 561 g/mol. The van der Waals surface area contributed by atoms with Gasteiger partial charge in [0.1, 0.15) is 15.6 Å². The van der Waals surface area contributed by atoms with Crippen molar-refractivity contribution in [3.63, 3.8) is 0 Å². The summed E-state index contributed by atoms with van der Waals surface area (Å²) in [5.41, 5.74) is -0.423. The van der Waals surface area contributed by atoms with Gasteiger partial charge in [-0.3, -0.25) is 9.48 Å². The Labute approximate surface area is 229 Å². The maximum Gasteiger partial charge on any atom is 0.391 e. The highest BCUT2D eigenvalue weighted by atomic mass is 32.2. The number of hydrogen-bond donors (Lipinski definition) is 2. The van der Waals surface area contributed by atoms with Crippen LogP contribution in [-0.2, 0) is 22.8 Å². The SMILES string of the molecule is CCn1nc(C(=O)NC[C@]2(O)CC[C@@H](S(C)(=O)=O)CC2)c(C)c1-c1ccc(C[C@@H](C)C(F)(F)F)cc1OC(F)F. The summed E-state index contributed by atoms with van der Waals surface area (Å²) >= 11 is 0. The number of nitrogens with zero attached hydrogens (tertiary/aromatic N) is 2. The molecule has 0 saturated heterocycles. The van der Waals surface area contributed by atoms with Crippen molar-refractivity contribution in [3.8, 4) is 17.0 Å². The number of aromatic nitrogens is 2. The molecule has 224 valence electrons. The number of ether oxygens (including phenoxy) is 1. The molecule has 1 saturated carbocycles. The van der Waals surface area contributed by atoms with E-state index in [9.17, 15) is 40.3 Å². The van der Waals surface area contributed by atoms with Gasteiger partial charge in [-0.25, -0.2) is 8.42 Å². The summed E-state index contributed by atoms with van der Waals surface area (Å²) in [5.74, 6) is -2.67. The number of benzene rings is 1. The highest BCUT2D eigenvalue weighted by molar-refractivity contribution is 7.91. The smallest absolute Gasteiger partial charge is 0.391 e. The summed E-state index contributed by atoms with van der Waals surface area (Å²) in [4.78, 5) is 13.1. The molecule has 1 aliphatic carbocycles. The molecule has 40 heavy (non-hydrogen) atoms. The van der Waals surface area contributed by atoms with Crippen LogP contribution >= 0.6 is 0 Å². The molecule has 1 heterocycles. The van der Waals surface area contributed by atoms with Crippen LogP contribution in [0.25, 0.3) is 11.3 Å². The Bertz CT molecular complexity index is 1320. The van der Waals surface area contributed by atoms with Crippen LogP contribution in [0.2, 0.25) is 0 Å². The third-order valence-corrected chi connectivity index (χ3v) is 9.05. The number of aryl methyl sites for hydroxylation is 1. The molecule has 0 radical (unpaired) electrons. The predicted octanol–water partition coefficient (Wildman–Crippen LogP) is 4.67. The lowest BCUT2D eigenvalue weighted by Crippen LogP contribution is -2.47. The molecule has 1 fully saturated rings. The van der Waals surface area contributed by atoms with E-state index in [2.05, 4.69) is 15.2 Å². The quantitative estimate of drug-likeness (QED) is 0.387. The van der Waals surface area contributed by atoms with Gasteiger partial charge >= 0.3 is 12.8 Å². The van der Waals surface area contributed by atoms with Gasteiger partial charge in [-0.2, -0.15) is 27.1 Å². The summed E-state index contributed by atoms with van der Waals surface area (Å²) in [6.45, 7) is 1.13. The van der Waals surface area contributed by atoms with E-state index < -0.39 is 51.7 Å². The minimum atomic E-state index is -4.46. The standard InChI is InChI=1S/C26H34F5N3O5S/c1-5-34-22(19-7-6-17(12-15(2)26(29,30)31)13-20(19)39-24(27)28)16(3)21(33-34)23(35)32-14-25(36)10-8-18(9-11-25)40(4,37)38/h6-7,13,15,18,24,36H,5,8-12,14H2,1-4H3,(H,32,35)/t15-,18-,25+/m1/s1. The van der Waals surface area contributed by atoms with Crippen LogP contribution in [0.5, 0.6) is 5.75 Å². The Hall–Kier alpha value is -2.74. The molecule has 1 aromatic carbocycles. The van der Waals surface area contributed by atoms with E-state index in [4.69, 9.17) is 0 Å². The molecular formula is C26H34F5N3O5S. The second-order valence-electron chi connectivity index (χ2n) is 10.4. The number of alkyl halides is 5. The highest BCUT2D eigenvalue weighted by Gasteiger charge is 2.38. The predicted molar refractivity (Wildman–Crippen MR) is 138 cm³/mol. The average Bonchev–Trinajstić information content (AvgIpc) is 3.17. The van der Waals surface area contributed by atoms with Gasteiger partial charge in [0.05, 0.1) is 22.5 Å². The zero-order valence-corrected chi connectivity index (χ0v) is 23.5. The number of halogens is 5. The van der Waals surface area contributed by atoms with Crippen LogP contribution in [0.3, 0.4) is 0 Å². The number of carbonyl (C=O) groups is 1. The van der Waals surface area contributed by atoms with Crippen LogP contribution < -0.4 is 10.1 Å². The van der Waals surface area contributed by atoms with Gasteiger partial charge in [0.25, 0.3) is 5.91 Å². The second kappa shape index (κ2) is 12.0. The number of nitrogens with one attached hydrogen (secondary N) is 1. The lowest BCUT2D eigenvalue weighted by Gasteiger charge is -2.35. The van der Waals surface area contributed by atoms with Crippen LogP contribution in [-0.4, -0.2) is 65.7 Å². The van der Waals surface area contributed by atoms with Crippen LogP contribution in [0.1, 0.15) is 61.1 Å². The van der Waals surface area contributed by atoms with Crippen molar-refractivity contribution < 1.29 is 45.0 Å². The second-order valence-corrected chi connectivity index (χ2v) is 12.8. The molecule has 0 aliphatic heterocycles. The molecule has 1 atom stereocenters. The molecule has 0 bridgehead atoms. The molecule has 1 aliphatic rings. The first-order chi connectivity index (χ1) is 18.4. The summed E-state index contributed by atoms with van der Waals surface area (Å²) in [6.07, 6.45) is -2.83. The van der Waals surface area contributed by atoms with Gasteiger partial charge in [-0.1, -0.05) is 13.0 Å². The largest absolute Gasteiger partial charge is 0.434 e. The number of amides is 1. The van der Waals surface area contributed by atoms with Crippen LogP contribution in [0.15, 0.2) is 18.2 Å². The van der Waals surface area contributed by atoms with Crippen molar-refractivity contribution in [2.45, 2.75) is 83.1 Å². The van der Waals surface area contributed by atoms with Gasteiger partial charge in [-0.15, -0.1) is 0 Å². The first kappa shape index (κ1) is 31.8. The van der Waals surface area contributed by atoms with E-state index in [0.717, 1.165) is 19.2 Å². The number of aliphatic hydroxyl groups is 1. The van der Waals surface area contributed by atoms with E-state index >= 15 is 0 Å². The summed E-state index contributed by atoms with van der Waals surface area (Å²) in [5, 5.41) is 17.3.